The van der Waals surface area contributed by atoms with Gasteiger partial charge in [0.15, 0.2) is 0 Å². The highest BCUT2D eigenvalue weighted by Gasteiger charge is 2.37. The monoisotopic (exact) mass is 452 g/mol. The molecule has 1 saturated heterocycles. The lowest BCUT2D eigenvalue weighted by Gasteiger charge is -2.23. The van der Waals surface area contributed by atoms with Crippen LogP contribution in [0.4, 0.5) is 26.3 Å². The van der Waals surface area contributed by atoms with E-state index in [0.29, 0.717) is 29.9 Å². The maximum Gasteiger partial charge on any atom is 0.453 e. The number of carbonyl (C=O) groups is 1. The molecule has 0 atom stereocenters. The van der Waals surface area contributed by atoms with Crippen LogP contribution < -0.4 is 0 Å². The third kappa shape index (κ3) is 5.63. The van der Waals surface area contributed by atoms with E-state index < -0.39 is 24.7 Å². The number of fused-ring (bicyclic) bond motifs is 1. The number of rotatable bonds is 4. The Bertz CT molecular complexity index is 954. The van der Waals surface area contributed by atoms with Gasteiger partial charge in [0.2, 0.25) is 5.91 Å². The number of aryl methyl sites for hydroxylation is 2. The lowest BCUT2D eigenvalue weighted by atomic mass is 10.1. The summed E-state index contributed by atoms with van der Waals surface area (Å²) < 4.78 is 77.4. The van der Waals surface area contributed by atoms with Gasteiger partial charge in [0, 0.05) is 44.0 Å². The highest BCUT2D eigenvalue weighted by Crippen LogP contribution is 2.27. The van der Waals surface area contributed by atoms with E-state index in [1.165, 1.54) is 9.80 Å². The quantitative estimate of drug-likeness (QED) is 0.668. The van der Waals surface area contributed by atoms with Gasteiger partial charge < -0.3 is 4.90 Å². The molecule has 0 radical (unpaired) electrons. The molecule has 2 aromatic rings. The topological polar surface area (TPSA) is 66.6 Å². The van der Waals surface area contributed by atoms with E-state index >= 15 is 0 Å². The van der Waals surface area contributed by atoms with E-state index in [-0.39, 0.29) is 44.2 Å². The van der Waals surface area contributed by atoms with E-state index in [2.05, 4.69) is 15.1 Å². The van der Waals surface area contributed by atoms with Crippen LogP contribution in [0.25, 0.3) is 5.78 Å². The Labute approximate surface area is 174 Å². The first-order valence-corrected chi connectivity index (χ1v) is 9.72. The average molecular weight is 452 g/mol. The van der Waals surface area contributed by atoms with Crippen molar-refractivity contribution >= 4 is 11.7 Å². The van der Waals surface area contributed by atoms with Crippen LogP contribution in [0.3, 0.4) is 0 Å². The number of hydrogen-bond donors (Lipinski definition) is 0. The second-order valence-corrected chi connectivity index (χ2v) is 7.53. The van der Waals surface area contributed by atoms with E-state index in [1.807, 2.05) is 0 Å². The fourth-order valence-electron chi connectivity index (χ4n) is 3.71. The van der Waals surface area contributed by atoms with Gasteiger partial charge >= 0.3 is 12.4 Å². The highest BCUT2D eigenvalue weighted by atomic mass is 19.4. The summed E-state index contributed by atoms with van der Waals surface area (Å²) in [5.74, 6) is -1.68. The minimum Gasteiger partial charge on any atom is -0.341 e. The second kappa shape index (κ2) is 8.60. The van der Waals surface area contributed by atoms with E-state index in [9.17, 15) is 31.1 Å². The molecule has 0 bridgehead atoms. The summed E-state index contributed by atoms with van der Waals surface area (Å²) in [5.41, 5.74) is 1.45. The second-order valence-electron chi connectivity index (χ2n) is 7.53. The third-order valence-electron chi connectivity index (χ3n) is 5.24. The van der Waals surface area contributed by atoms with Crippen molar-refractivity contribution in [1.29, 1.82) is 0 Å². The van der Waals surface area contributed by atoms with Crippen LogP contribution in [0.2, 0.25) is 0 Å². The van der Waals surface area contributed by atoms with Crippen molar-refractivity contribution in [3.63, 3.8) is 0 Å². The summed E-state index contributed by atoms with van der Waals surface area (Å²) in [7, 11) is 0. The van der Waals surface area contributed by atoms with Gasteiger partial charge in [-0.25, -0.2) is 9.50 Å². The van der Waals surface area contributed by atoms with Crippen LogP contribution in [-0.4, -0.2) is 74.2 Å². The molecule has 0 N–H and O–H groups in total. The number of hydrogen-bond acceptors (Lipinski definition) is 5. The molecule has 1 aliphatic heterocycles. The summed E-state index contributed by atoms with van der Waals surface area (Å²) in [4.78, 5) is 22.9. The number of aromatic nitrogens is 4. The molecular formula is C18H22F6N6O. The number of carbonyl (C=O) groups excluding carboxylic acids is 1. The Hall–Kier alpha value is -2.44. The molecule has 0 aliphatic carbocycles. The largest absolute Gasteiger partial charge is 0.453 e. The Morgan fingerprint density at radius 3 is 2.35 bits per heavy atom. The molecule has 1 fully saturated rings. The molecule has 13 heteroatoms. The van der Waals surface area contributed by atoms with Gasteiger partial charge in [-0.3, -0.25) is 9.69 Å². The zero-order valence-corrected chi connectivity index (χ0v) is 17.0. The summed E-state index contributed by atoms with van der Waals surface area (Å²) in [6.45, 7) is 3.15. The van der Waals surface area contributed by atoms with Gasteiger partial charge in [0.1, 0.15) is 0 Å². The summed E-state index contributed by atoms with van der Waals surface area (Å²) >= 11 is 0. The molecule has 0 spiro atoms. The van der Waals surface area contributed by atoms with Crippen molar-refractivity contribution in [1.82, 2.24) is 29.4 Å². The highest BCUT2D eigenvalue weighted by molar-refractivity contribution is 5.76. The van der Waals surface area contributed by atoms with Gasteiger partial charge in [-0.1, -0.05) is 0 Å². The smallest absolute Gasteiger partial charge is 0.341 e. The number of nitrogens with zero attached hydrogens (tertiary/aromatic N) is 6. The van der Waals surface area contributed by atoms with Crippen LogP contribution in [0, 0.1) is 13.8 Å². The van der Waals surface area contributed by atoms with Crippen molar-refractivity contribution in [2.75, 3.05) is 32.7 Å². The lowest BCUT2D eigenvalue weighted by Crippen LogP contribution is -2.38. The maximum atomic E-state index is 12.9. The lowest BCUT2D eigenvalue weighted by molar-refractivity contribution is -0.146. The van der Waals surface area contributed by atoms with Crippen molar-refractivity contribution in [3.05, 3.63) is 22.8 Å². The summed E-state index contributed by atoms with van der Waals surface area (Å²) in [6, 6.07) is 0. The summed E-state index contributed by atoms with van der Waals surface area (Å²) in [5, 5.41) is 3.48. The standard InChI is InChI=1S/C18H22F6N6O/c1-11-13(12(2)30-16(25-11)26-15(27-30)18(22,23)24)4-5-14(31)29-7-3-6-28(8-9-29)10-17(19,20)21/h3-10H2,1-2H3. The first-order chi connectivity index (χ1) is 14.3. The Balaban J connectivity index is 1.67. The molecule has 7 nitrogen and oxygen atoms in total. The fraction of sp³-hybridized carbons (Fsp3) is 0.667. The zero-order valence-electron chi connectivity index (χ0n) is 17.0. The van der Waals surface area contributed by atoms with Gasteiger partial charge in [0.05, 0.1) is 6.54 Å². The molecule has 1 amide bonds. The predicted octanol–water partition coefficient (Wildman–Crippen LogP) is 2.79. The third-order valence-corrected chi connectivity index (χ3v) is 5.24. The van der Waals surface area contributed by atoms with Gasteiger partial charge in [-0.2, -0.15) is 31.3 Å². The average Bonchev–Trinajstić information content (AvgIpc) is 2.94. The van der Waals surface area contributed by atoms with Gasteiger partial charge in [-0.05, 0) is 32.3 Å². The van der Waals surface area contributed by atoms with E-state index in [0.717, 1.165) is 4.52 Å². The van der Waals surface area contributed by atoms with Crippen LogP contribution in [-0.2, 0) is 17.4 Å². The molecule has 0 saturated carbocycles. The first kappa shape index (κ1) is 23.2. The number of halogens is 6. The van der Waals surface area contributed by atoms with Crippen molar-refractivity contribution in [3.8, 4) is 0 Å². The van der Waals surface area contributed by atoms with Crippen molar-refractivity contribution in [2.45, 2.75) is 45.5 Å². The van der Waals surface area contributed by atoms with Gasteiger partial charge in [-0.15, -0.1) is 5.10 Å². The Kier molecular flexibility index (Phi) is 6.44. The number of alkyl halides is 6. The molecule has 0 unspecified atom stereocenters. The van der Waals surface area contributed by atoms with E-state index in [4.69, 9.17) is 0 Å². The van der Waals surface area contributed by atoms with Crippen LogP contribution in [0.5, 0.6) is 0 Å². The normalized spacial score (nSPS) is 16.7. The molecule has 2 aromatic heterocycles. The SMILES string of the molecule is Cc1nc2nc(C(F)(F)F)nn2c(C)c1CCC(=O)N1CCCN(CC(F)(F)F)CC1. The fourth-order valence-corrected chi connectivity index (χ4v) is 3.71. The van der Waals surface area contributed by atoms with Crippen LogP contribution >= 0.6 is 0 Å². The molecular weight excluding hydrogens is 430 g/mol. The molecule has 0 aromatic carbocycles. The molecule has 172 valence electrons. The Morgan fingerprint density at radius 2 is 1.71 bits per heavy atom. The van der Waals surface area contributed by atoms with Crippen molar-refractivity contribution in [2.24, 2.45) is 0 Å². The maximum absolute atomic E-state index is 12.9. The molecule has 1 aliphatic rings. The van der Waals surface area contributed by atoms with Gasteiger partial charge in [0.25, 0.3) is 11.6 Å². The van der Waals surface area contributed by atoms with Crippen LogP contribution in [0.15, 0.2) is 0 Å². The summed E-state index contributed by atoms with van der Waals surface area (Å²) in [6.07, 6.45) is -8.25. The van der Waals surface area contributed by atoms with Crippen LogP contribution in [0.1, 0.15) is 35.6 Å². The number of amides is 1. The predicted molar refractivity (Wildman–Crippen MR) is 97.3 cm³/mol. The Morgan fingerprint density at radius 1 is 1.00 bits per heavy atom. The molecule has 3 rings (SSSR count). The minimum atomic E-state index is -4.70. The van der Waals surface area contributed by atoms with E-state index in [1.54, 1.807) is 13.8 Å². The first-order valence-electron chi connectivity index (χ1n) is 9.72. The molecule has 3 heterocycles. The van der Waals surface area contributed by atoms with Crippen molar-refractivity contribution < 1.29 is 31.1 Å². The zero-order chi connectivity index (χ0) is 23.0. The minimum absolute atomic E-state index is 0.0644. The molecule has 31 heavy (non-hydrogen) atoms.